The molecule has 1 atom stereocenters. The molecule has 0 radical (unpaired) electrons. The fraction of sp³-hybridized carbons (Fsp3) is 0.353. The van der Waals surface area contributed by atoms with E-state index in [1.54, 1.807) is 13.8 Å². The van der Waals surface area contributed by atoms with Crippen molar-refractivity contribution in [1.29, 1.82) is 0 Å². The molecule has 1 amide bonds. The average molecular weight is 334 g/mol. The van der Waals surface area contributed by atoms with Gasteiger partial charge in [-0.2, -0.15) is 0 Å². The highest BCUT2D eigenvalue weighted by Crippen LogP contribution is 2.16. The van der Waals surface area contributed by atoms with E-state index in [1.165, 1.54) is 0 Å². The third kappa shape index (κ3) is 4.66. The zero-order valence-corrected chi connectivity index (χ0v) is 14.2. The number of benzene rings is 1. The number of aromatic nitrogens is 2. The molecule has 1 heterocycles. The van der Waals surface area contributed by atoms with Crippen LogP contribution in [-0.2, 0) is 17.6 Å². The summed E-state index contributed by atoms with van der Waals surface area (Å²) in [6.45, 7) is 5.35. The van der Waals surface area contributed by atoms with Gasteiger partial charge >= 0.3 is 0 Å². The highest BCUT2D eigenvalue weighted by molar-refractivity contribution is 6.31. The highest BCUT2D eigenvalue weighted by atomic mass is 35.5. The smallest absolute Gasteiger partial charge is 0.254 e. The summed E-state index contributed by atoms with van der Waals surface area (Å²) in [6.07, 6.45) is 0.647. The molecule has 0 bridgehead atoms. The summed E-state index contributed by atoms with van der Waals surface area (Å²) in [5, 5.41) is 3.58. The number of nitrogens with one attached hydrogen (secondary N) is 2. The van der Waals surface area contributed by atoms with Gasteiger partial charge in [0.2, 0.25) is 5.91 Å². The number of hydrogen-bond donors (Lipinski definition) is 2. The molecule has 0 saturated carbocycles. The first-order valence-corrected chi connectivity index (χ1v) is 7.83. The molecule has 6 heteroatoms. The normalized spacial score (nSPS) is 12.0. The van der Waals surface area contributed by atoms with Gasteiger partial charge in [-0.1, -0.05) is 29.8 Å². The lowest BCUT2D eigenvalue weighted by atomic mass is 10.1. The van der Waals surface area contributed by atoms with Crippen LogP contribution in [-0.4, -0.2) is 21.9 Å². The Kier molecular flexibility index (Phi) is 5.55. The Morgan fingerprint density at radius 2 is 2.04 bits per heavy atom. The minimum Gasteiger partial charge on any atom is -0.353 e. The molecule has 0 fully saturated rings. The number of carbonyl (C=O) groups excluding carboxylic acids is 1. The fourth-order valence-corrected chi connectivity index (χ4v) is 2.70. The molecule has 2 aromatic rings. The molecule has 5 nitrogen and oxygen atoms in total. The Hall–Kier alpha value is -2.14. The van der Waals surface area contributed by atoms with Crippen molar-refractivity contribution in [3.8, 4) is 0 Å². The van der Waals surface area contributed by atoms with Crippen LogP contribution in [0.15, 0.2) is 29.1 Å². The molecule has 0 aliphatic rings. The Morgan fingerprint density at radius 1 is 1.35 bits per heavy atom. The van der Waals surface area contributed by atoms with Crippen LogP contribution in [0, 0.1) is 13.8 Å². The van der Waals surface area contributed by atoms with E-state index in [4.69, 9.17) is 11.6 Å². The lowest BCUT2D eigenvalue weighted by molar-refractivity contribution is -0.121. The number of amides is 1. The maximum Gasteiger partial charge on any atom is 0.254 e. The number of hydrogen-bond acceptors (Lipinski definition) is 3. The van der Waals surface area contributed by atoms with Gasteiger partial charge in [0, 0.05) is 22.3 Å². The van der Waals surface area contributed by atoms with Crippen LogP contribution in [0.3, 0.4) is 0 Å². The summed E-state index contributed by atoms with van der Waals surface area (Å²) in [5.74, 6) is 0.340. The summed E-state index contributed by atoms with van der Waals surface area (Å²) in [4.78, 5) is 30.9. The van der Waals surface area contributed by atoms with Gasteiger partial charge in [-0.15, -0.1) is 0 Å². The third-order valence-corrected chi connectivity index (χ3v) is 3.94. The molecule has 0 aliphatic carbocycles. The first-order valence-electron chi connectivity index (χ1n) is 7.46. The van der Waals surface area contributed by atoms with E-state index < -0.39 is 0 Å². The molecule has 1 aromatic carbocycles. The topological polar surface area (TPSA) is 74.8 Å². The molecule has 2 rings (SSSR count). The summed E-state index contributed by atoms with van der Waals surface area (Å²) in [7, 11) is 0. The number of H-pyrrole nitrogens is 1. The Labute approximate surface area is 140 Å². The summed E-state index contributed by atoms with van der Waals surface area (Å²) in [6, 6.07) is 7.46. The van der Waals surface area contributed by atoms with Crippen LogP contribution in [0.2, 0.25) is 5.02 Å². The van der Waals surface area contributed by atoms with E-state index in [-0.39, 0.29) is 23.9 Å². The van der Waals surface area contributed by atoms with Crippen LogP contribution in [0.5, 0.6) is 0 Å². The lowest BCUT2D eigenvalue weighted by Gasteiger charge is -2.15. The average Bonchev–Trinajstić information content (AvgIpc) is 2.45. The molecule has 2 N–H and O–H groups in total. The second-order valence-corrected chi connectivity index (χ2v) is 6.06. The van der Waals surface area contributed by atoms with E-state index in [2.05, 4.69) is 15.3 Å². The van der Waals surface area contributed by atoms with Crippen LogP contribution >= 0.6 is 11.6 Å². The van der Waals surface area contributed by atoms with Gasteiger partial charge in [0.15, 0.2) is 0 Å². The molecular weight excluding hydrogens is 314 g/mol. The lowest BCUT2D eigenvalue weighted by Crippen LogP contribution is -2.36. The number of halogens is 1. The van der Waals surface area contributed by atoms with Gasteiger partial charge in [-0.05, 0) is 38.8 Å². The van der Waals surface area contributed by atoms with E-state index >= 15 is 0 Å². The molecule has 0 spiro atoms. The van der Waals surface area contributed by atoms with Crippen LogP contribution in [0.4, 0.5) is 0 Å². The Morgan fingerprint density at radius 3 is 2.70 bits per heavy atom. The van der Waals surface area contributed by atoms with Crippen molar-refractivity contribution in [3.05, 3.63) is 62.3 Å². The minimum absolute atomic E-state index is 0.0152. The van der Waals surface area contributed by atoms with Gasteiger partial charge in [-0.3, -0.25) is 9.59 Å². The fourth-order valence-electron chi connectivity index (χ4n) is 2.49. The van der Waals surface area contributed by atoms with Gasteiger partial charge < -0.3 is 10.3 Å². The van der Waals surface area contributed by atoms with Crippen molar-refractivity contribution in [2.45, 2.75) is 39.7 Å². The standard InChI is InChI=1S/C17H20ClN3O2/c1-10(8-13-6-4-5-7-15(13)18)19-16(22)9-14-11(2)20-12(3)21-17(14)23/h4-7,10H,8-9H2,1-3H3,(H,19,22)(H,20,21,23)/t10-/m1/s1. The summed E-state index contributed by atoms with van der Waals surface area (Å²) in [5.41, 5.74) is 1.70. The quantitative estimate of drug-likeness (QED) is 0.881. The zero-order chi connectivity index (χ0) is 17.0. The first kappa shape index (κ1) is 17.2. The number of nitrogens with zero attached hydrogens (tertiary/aromatic N) is 1. The molecule has 1 aromatic heterocycles. The number of aromatic amines is 1. The predicted octanol–water partition coefficient (Wildman–Crippen LogP) is 2.33. The first-order chi connectivity index (χ1) is 10.9. The third-order valence-electron chi connectivity index (χ3n) is 3.57. The maximum absolute atomic E-state index is 12.2. The number of carbonyl (C=O) groups is 1. The number of rotatable bonds is 5. The van der Waals surface area contributed by atoms with Gasteiger partial charge in [0.05, 0.1) is 6.42 Å². The van der Waals surface area contributed by atoms with E-state index in [9.17, 15) is 9.59 Å². The van der Waals surface area contributed by atoms with Crippen molar-refractivity contribution in [2.75, 3.05) is 0 Å². The van der Waals surface area contributed by atoms with Crippen molar-refractivity contribution in [2.24, 2.45) is 0 Å². The number of aryl methyl sites for hydroxylation is 2. The SMILES string of the molecule is Cc1nc(C)c(CC(=O)N[C@H](C)Cc2ccccc2Cl)c(=O)[nH]1. The monoisotopic (exact) mass is 333 g/mol. The van der Waals surface area contributed by atoms with E-state index in [1.807, 2.05) is 31.2 Å². The van der Waals surface area contributed by atoms with Crippen molar-refractivity contribution in [1.82, 2.24) is 15.3 Å². The molecule has 23 heavy (non-hydrogen) atoms. The van der Waals surface area contributed by atoms with E-state index in [0.29, 0.717) is 28.5 Å². The molecular formula is C17H20ClN3O2. The largest absolute Gasteiger partial charge is 0.353 e. The summed E-state index contributed by atoms with van der Waals surface area (Å²) < 4.78 is 0. The second-order valence-electron chi connectivity index (χ2n) is 5.66. The van der Waals surface area contributed by atoms with Gasteiger partial charge in [-0.25, -0.2) is 4.98 Å². The minimum atomic E-state index is -0.260. The van der Waals surface area contributed by atoms with Crippen LogP contribution in [0.1, 0.15) is 29.6 Å². The van der Waals surface area contributed by atoms with Crippen molar-refractivity contribution < 1.29 is 4.79 Å². The van der Waals surface area contributed by atoms with Gasteiger partial charge in [0.1, 0.15) is 5.82 Å². The van der Waals surface area contributed by atoms with Crippen LogP contribution in [0.25, 0.3) is 0 Å². The van der Waals surface area contributed by atoms with E-state index in [0.717, 1.165) is 5.56 Å². The Bertz CT molecular complexity index is 771. The van der Waals surface area contributed by atoms with Crippen molar-refractivity contribution >= 4 is 17.5 Å². The second kappa shape index (κ2) is 7.42. The maximum atomic E-state index is 12.2. The highest BCUT2D eigenvalue weighted by Gasteiger charge is 2.14. The summed E-state index contributed by atoms with van der Waals surface area (Å²) >= 11 is 6.12. The molecule has 0 aliphatic heterocycles. The zero-order valence-electron chi connectivity index (χ0n) is 13.4. The van der Waals surface area contributed by atoms with Crippen molar-refractivity contribution in [3.63, 3.8) is 0 Å². The van der Waals surface area contributed by atoms with Crippen LogP contribution < -0.4 is 10.9 Å². The molecule has 0 unspecified atom stereocenters. The molecule has 0 saturated heterocycles. The molecule has 122 valence electrons. The predicted molar refractivity (Wildman–Crippen MR) is 90.8 cm³/mol. The van der Waals surface area contributed by atoms with Gasteiger partial charge in [0.25, 0.3) is 5.56 Å². The Balaban J connectivity index is 2.00.